The fraction of sp³-hybridized carbons (Fsp3) is 0.250. The summed E-state index contributed by atoms with van der Waals surface area (Å²) in [5, 5.41) is 0. The minimum Gasteiger partial charge on any atom is -0.106 e. The van der Waals surface area contributed by atoms with E-state index in [1.165, 1.54) is 0 Å². The largest absolute Gasteiger partial charge is 0.106 e. The molecule has 88 valence electrons. The minimum atomic E-state index is 1.08. The lowest BCUT2D eigenvalue weighted by atomic mass is 10.5. The lowest BCUT2D eigenvalue weighted by Gasteiger charge is -1.57. The summed E-state index contributed by atoms with van der Waals surface area (Å²) in [4.78, 5) is 0. The van der Waals surface area contributed by atoms with Crippen LogP contribution >= 0.6 is 0 Å². The molecular formula is C16H24. The van der Waals surface area contributed by atoms with Gasteiger partial charge in [0.2, 0.25) is 0 Å². The normalized spacial score (nSPS) is 12.8. The Hall–Kier alpha value is -1.56. The fourth-order valence-electron chi connectivity index (χ4n) is 0.786. The van der Waals surface area contributed by atoms with E-state index < -0.39 is 0 Å². The highest BCUT2D eigenvalue weighted by Crippen LogP contribution is 1.93. The van der Waals surface area contributed by atoms with E-state index in [0.29, 0.717) is 0 Å². The Balaban J connectivity index is 0. The van der Waals surface area contributed by atoms with Gasteiger partial charge in [-0.25, -0.2) is 0 Å². The summed E-state index contributed by atoms with van der Waals surface area (Å²) < 4.78 is 0. The fourth-order valence-corrected chi connectivity index (χ4v) is 0.786. The monoisotopic (exact) mass is 216 g/mol. The Morgan fingerprint density at radius 2 is 1.12 bits per heavy atom. The summed E-state index contributed by atoms with van der Waals surface area (Å²) in [7, 11) is 0. The molecule has 0 heteroatoms. The Labute approximate surface area is 101 Å². The molecular weight excluding hydrogens is 192 g/mol. The van der Waals surface area contributed by atoms with Crippen molar-refractivity contribution in [3.63, 3.8) is 0 Å². The summed E-state index contributed by atoms with van der Waals surface area (Å²) in [6, 6.07) is 0. The standard InChI is InChI=1S/2C5H6.C4H8.C2H4/c2*1-2-4-5-3-1;1-3-4-2;1-2/h2*1-4H,5H2;3H,1,4H2,2H3;1-2H2. The predicted octanol–water partition coefficient (Wildman–Crippen LogP) is 5.39. The summed E-state index contributed by atoms with van der Waals surface area (Å²) in [5.74, 6) is 0. The van der Waals surface area contributed by atoms with Gasteiger partial charge in [-0.05, 0) is 19.3 Å². The lowest BCUT2D eigenvalue weighted by molar-refractivity contribution is 1.23. The minimum absolute atomic E-state index is 1.08. The maximum absolute atomic E-state index is 3.48. The second-order valence-electron chi connectivity index (χ2n) is 2.88. The van der Waals surface area contributed by atoms with E-state index in [9.17, 15) is 0 Å². The van der Waals surface area contributed by atoms with E-state index in [-0.39, 0.29) is 0 Å². The van der Waals surface area contributed by atoms with Crippen molar-refractivity contribution < 1.29 is 0 Å². The Kier molecular flexibility index (Phi) is 20.1. The second kappa shape index (κ2) is 19.1. The molecule has 0 aromatic heterocycles. The molecule has 0 atom stereocenters. The van der Waals surface area contributed by atoms with Gasteiger partial charge >= 0.3 is 0 Å². The van der Waals surface area contributed by atoms with E-state index >= 15 is 0 Å². The highest BCUT2D eigenvalue weighted by atomic mass is 13.8. The summed E-state index contributed by atoms with van der Waals surface area (Å²) in [5.41, 5.74) is 0. The third kappa shape index (κ3) is 18.3. The Morgan fingerprint density at radius 3 is 1.19 bits per heavy atom. The van der Waals surface area contributed by atoms with E-state index in [2.05, 4.69) is 75.3 Å². The van der Waals surface area contributed by atoms with Crippen LogP contribution in [0.2, 0.25) is 0 Å². The zero-order chi connectivity index (χ0) is 12.5. The van der Waals surface area contributed by atoms with Crippen molar-refractivity contribution in [3.8, 4) is 0 Å². The van der Waals surface area contributed by atoms with Crippen LogP contribution in [0.1, 0.15) is 26.2 Å². The van der Waals surface area contributed by atoms with Gasteiger partial charge in [-0.2, -0.15) is 0 Å². The van der Waals surface area contributed by atoms with Crippen molar-refractivity contribution in [3.05, 3.63) is 74.4 Å². The molecule has 0 saturated heterocycles. The molecule has 0 unspecified atom stereocenters. The first-order valence-corrected chi connectivity index (χ1v) is 5.66. The molecule has 0 saturated carbocycles. The van der Waals surface area contributed by atoms with Crippen molar-refractivity contribution in [1.82, 2.24) is 0 Å². The van der Waals surface area contributed by atoms with Gasteiger partial charge in [-0.3, -0.25) is 0 Å². The average molecular weight is 216 g/mol. The van der Waals surface area contributed by atoms with Gasteiger partial charge in [-0.1, -0.05) is 61.6 Å². The molecule has 0 amide bonds. The topological polar surface area (TPSA) is 0 Å². The maximum atomic E-state index is 3.48. The molecule has 0 spiro atoms. The Morgan fingerprint density at radius 1 is 0.875 bits per heavy atom. The highest BCUT2D eigenvalue weighted by molar-refractivity contribution is 5.12. The van der Waals surface area contributed by atoms with E-state index in [1.807, 2.05) is 6.08 Å². The van der Waals surface area contributed by atoms with Gasteiger partial charge in [-0.15, -0.1) is 19.7 Å². The molecule has 0 radical (unpaired) electrons. The summed E-state index contributed by atoms with van der Waals surface area (Å²) in [6.07, 6.45) is 22.0. The van der Waals surface area contributed by atoms with Crippen LogP contribution < -0.4 is 0 Å². The van der Waals surface area contributed by atoms with Gasteiger partial charge in [0.15, 0.2) is 0 Å². The van der Waals surface area contributed by atoms with E-state index in [0.717, 1.165) is 19.3 Å². The van der Waals surface area contributed by atoms with Crippen molar-refractivity contribution in [1.29, 1.82) is 0 Å². The third-order valence-electron chi connectivity index (χ3n) is 1.60. The molecule has 0 aliphatic heterocycles. The van der Waals surface area contributed by atoms with Gasteiger partial charge < -0.3 is 0 Å². The molecule has 0 aromatic carbocycles. The molecule has 0 fully saturated rings. The molecule has 0 bridgehead atoms. The predicted molar refractivity (Wildman–Crippen MR) is 77.5 cm³/mol. The second-order valence-corrected chi connectivity index (χ2v) is 2.88. The SMILES string of the molecule is C1=CCC=C1.C1=CCC=C1.C=C.C=CCC. The molecule has 16 heavy (non-hydrogen) atoms. The summed E-state index contributed by atoms with van der Waals surface area (Å²) in [6.45, 7) is 11.5. The highest BCUT2D eigenvalue weighted by Gasteiger charge is 1.72. The molecule has 0 nitrogen and oxygen atoms in total. The van der Waals surface area contributed by atoms with Gasteiger partial charge in [0.1, 0.15) is 0 Å². The lowest BCUT2D eigenvalue weighted by Crippen LogP contribution is -1.37. The van der Waals surface area contributed by atoms with Crippen LogP contribution in [-0.4, -0.2) is 0 Å². The molecule has 2 rings (SSSR count). The maximum Gasteiger partial charge on any atom is -0.0163 e. The molecule has 2 aliphatic carbocycles. The van der Waals surface area contributed by atoms with Crippen molar-refractivity contribution in [2.75, 3.05) is 0 Å². The number of allylic oxidation sites excluding steroid dienone is 9. The zero-order valence-corrected chi connectivity index (χ0v) is 10.4. The first kappa shape index (κ1) is 16.9. The van der Waals surface area contributed by atoms with Crippen LogP contribution in [0.3, 0.4) is 0 Å². The molecule has 0 N–H and O–H groups in total. The number of hydrogen-bond acceptors (Lipinski definition) is 0. The van der Waals surface area contributed by atoms with Crippen LogP contribution in [0.5, 0.6) is 0 Å². The van der Waals surface area contributed by atoms with Crippen LogP contribution in [0.25, 0.3) is 0 Å². The molecule has 0 aromatic rings. The zero-order valence-electron chi connectivity index (χ0n) is 10.4. The van der Waals surface area contributed by atoms with Gasteiger partial charge in [0.25, 0.3) is 0 Å². The third-order valence-corrected chi connectivity index (χ3v) is 1.60. The van der Waals surface area contributed by atoms with Crippen LogP contribution in [-0.2, 0) is 0 Å². The van der Waals surface area contributed by atoms with Crippen molar-refractivity contribution in [2.45, 2.75) is 26.2 Å². The summed E-state index contributed by atoms with van der Waals surface area (Å²) >= 11 is 0. The van der Waals surface area contributed by atoms with E-state index in [1.54, 1.807) is 0 Å². The van der Waals surface area contributed by atoms with Crippen LogP contribution in [0, 0.1) is 0 Å². The quantitative estimate of drug-likeness (QED) is 0.515. The first-order valence-electron chi connectivity index (χ1n) is 5.66. The van der Waals surface area contributed by atoms with Crippen molar-refractivity contribution in [2.24, 2.45) is 0 Å². The van der Waals surface area contributed by atoms with E-state index in [4.69, 9.17) is 0 Å². The number of rotatable bonds is 1. The number of hydrogen-bond donors (Lipinski definition) is 0. The van der Waals surface area contributed by atoms with Crippen molar-refractivity contribution >= 4 is 0 Å². The van der Waals surface area contributed by atoms with Crippen LogP contribution in [0.15, 0.2) is 74.4 Å². The molecule has 2 aliphatic rings. The van der Waals surface area contributed by atoms with Gasteiger partial charge in [0.05, 0.1) is 0 Å². The molecule has 0 heterocycles. The smallest absolute Gasteiger partial charge is 0.0163 e. The van der Waals surface area contributed by atoms with Crippen LogP contribution in [0.4, 0.5) is 0 Å². The van der Waals surface area contributed by atoms with Gasteiger partial charge in [0, 0.05) is 0 Å². The average Bonchev–Trinajstić information content (AvgIpc) is 3.07. The Bertz CT molecular complexity index is 197. The first-order chi connectivity index (χ1) is 7.91.